The van der Waals surface area contributed by atoms with Crippen molar-refractivity contribution < 1.29 is 9.84 Å². The number of rotatable bonds is 5. The summed E-state index contributed by atoms with van der Waals surface area (Å²) in [4.78, 5) is 0. The van der Waals surface area contributed by atoms with Gasteiger partial charge in [0.05, 0.1) is 11.7 Å². The molecule has 0 amide bonds. The van der Waals surface area contributed by atoms with Gasteiger partial charge in [-0.2, -0.15) is 0 Å². The Morgan fingerprint density at radius 3 is 2.75 bits per heavy atom. The van der Waals surface area contributed by atoms with Crippen LogP contribution in [0, 0.1) is 5.92 Å². The fourth-order valence-electron chi connectivity index (χ4n) is 2.50. The molecule has 1 rings (SSSR count). The fourth-order valence-corrected chi connectivity index (χ4v) is 2.50. The normalized spacial score (nSPS) is 30.4. The average Bonchev–Trinajstić information content (AvgIpc) is 2.13. The minimum absolute atomic E-state index is 0.348. The van der Waals surface area contributed by atoms with Gasteiger partial charge in [-0.25, -0.2) is 0 Å². The summed E-state index contributed by atoms with van der Waals surface area (Å²) in [7, 11) is 0. The lowest BCUT2D eigenvalue weighted by Crippen LogP contribution is -2.46. The van der Waals surface area contributed by atoms with Crippen LogP contribution in [0.2, 0.25) is 0 Å². The molecule has 96 valence electrons. The lowest BCUT2D eigenvalue weighted by molar-refractivity contribution is -0.000560. The van der Waals surface area contributed by atoms with Crippen LogP contribution in [0.15, 0.2) is 0 Å². The molecule has 1 aliphatic rings. The largest absolute Gasteiger partial charge is 0.389 e. The highest BCUT2D eigenvalue weighted by molar-refractivity contribution is 4.81. The molecule has 3 atom stereocenters. The van der Waals surface area contributed by atoms with Crippen LogP contribution in [0.1, 0.15) is 47.0 Å². The van der Waals surface area contributed by atoms with Gasteiger partial charge in [0.1, 0.15) is 0 Å². The average molecular weight is 229 g/mol. The Bertz CT molecular complexity index is 204. The van der Waals surface area contributed by atoms with Crippen molar-refractivity contribution in [2.45, 2.75) is 64.7 Å². The molecule has 0 saturated carbocycles. The highest BCUT2D eigenvalue weighted by atomic mass is 16.5. The second-order valence-corrected chi connectivity index (χ2v) is 5.88. The number of aliphatic hydroxyl groups is 1. The van der Waals surface area contributed by atoms with E-state index in [1.54, 1.807) is 0 Å². The van der Waals surface area contributed by atoms with Crippen molar-refractivity contribution in [2.24, 2.45) is 5.92 Å². The molecular formula is C13H27NO2. The predicted molar refractivity (Wildman–Crippen MR) is 66.5 cm³/mol. The number of ether oxygens (including phenoxy) is 1. The van der Waals surface area contributed by atoms with Crippen LogP contribution in [0.3, 0.4) is 0 Å². The van der Waals surface area contributed by atoms with Crippen LogP contribution in [-0.4, -0.2) is 36.0 Å². The van der Waals surface area contributed by atoms with Crippen molar-refractivity contribution in [1.82, 2.24) is 5.32 Å². The van der Waals surface area contributed by atoms with Gasteiger partial charge in [0, 0.05) is 19.2 Å². The Hall–Kier alpha value is -0.120. The van der Waals surface area contributed by atoms with Gasteiger partial charge in [0.25, 0.3) is 0 Å². The predicted octanol–water partition coefficient (Wildman–Crippen LogP) is 1.94. The Morgan fingerprint density at radius 1 is 1.50 bits per heavy atom. The van der Waals surface area contributed by atoms with E-state index in [2.05, 4.69) is 26.1 Å². The van der Waals surface area contributed by atoms with Gasteiger partial charge in [0.2, 0.25) is 0 Å². The molecule has 3 heteroatoms. The molecule has 0 aromatic heterocycles. The monoisotopic (exact) mass is 229 g/mol. The van der Waals surface area contributed by atoms with E-state index < -0.39 is 5.60 Å². The number of nitrogens with one attached hydrogen (secondary N) is 1. The fraction of sp³-hybridized carbons (Fsp3) is 1.00. The van der Waals surface area contributed by atoms with Crippen molar-refractivity contribution in [3.63, 3.8) is 0 Å². The molecule has 3 nitrogen and oxygen atoms in total. The highest BCUT2D eigenvalue weighted by Gasteiger charge is 2.25. The molecule has 1 heterocycles. The van der Waals surface area contributed by atoms with E-state index >= 15 is 0 Å². The summed E-state index contributed by atoms with van der Waals surface area (Å²) in [6.45, 7) is 9.84. The zero-order chi connectivity index (χ0) is 12.2. The van der Waals surface area contributed by atoms with E-state index in [1.807, 2.05) is 6.92 Å². The summed E-state index contributed by atoms with van der Waals surface area (Å²) < 4.78 is 5.50. The molecule has 1 fully saturated rings. The van der Waals surface area contributed by atoms with E-state index in [0.717, 1.165) is 25.9 Å². The first-order valence-electron chi connectivity index (χ1n) is 6.46. The van der Waals surface area contributed by atoms with Crippen LogP contribution in [0.5, 0.6) is 0 Å². The molecule has 3 unspecified atom stereocenters. The van der Waals surface area contributed by atoms with Crippen LogP contribution in [0.25, 0.3) is 0 Å². The smallest absolute Gasteiger partial charge is 0.0746 e. The number of hydrogen-bond acceptors (Lipinski definition) is 3. The van der Waals surface area contributed by atoms with Crippen molar-refractivity contribution in [1.29, 1.82) is 0 Å². The molecule has 0 spiro atoms. The molecule has 16 heavy (non-hydrogen) atoms. The van der Waals surface area contributed by atoms with Crippen molar-refractivity contribution in [3.8, 4) is 0 Å². The first-order valence-corrected chi connectivity index (χ1v) is 6.46. The molecule has 2 N–H and O–H groups in total. The zero-order valence-corrected chi connectivity index (χ0v) is 11.1. The van der Waals surface area contributed by atoms with Gasteiger partial charge in [-0.3, -0.25) is 0 Å². The minimum Gasteiger partial charge on any atom is -0.389 e. The summed E-state index contributed by atoms with van der Waals surface area (Å²) in [6.07, 6.45) is 3.31. The van der Waals surface area contributed by atoms with Crippen molar-refractivity contribution in [2.75, 3.05) is 13.2 Å². The van der Waals surface area contributed by atoms with E-state index in [0.29, 0.717) is 24.6 Å². The summed E-state index contributed by atoms with van der Waals surface area (Å²) in [5.41, 5.74) is -0.588. The molecule has 0 radical (unpaired) electrons. The zero-order valence-electron chi connectivity index (χ0n) is 11.1. The second kappa shape index (κ2) is 5.99. The van der Waals surface area contributed by atoms with Crippen LogP contribution in [-0.2, 0) is 4.74 Å². The van der Waals surface area contributed by atoms with Crippen LogP contribution >= 0.6 is 0 Å². The third kappa shape index (κ3) is 5.28. The molecule has 0 aliphatic carbocycles. The molecule has 0 aromatic rings. The maximum Gasteiger partial charge on any atom is 0.0746 e. The first kappa shape index (κ1) is 13.9. The minimum atomic E-state index is -0.588. The quantitative estimate of drug-likeness (QED) is 0.757. The first-order chi connectivity index (χ1) is 7.39. The van der Waals surface area contributed by atoms with E-state index in [9.17, 15) is 5.11 Å². The third-order valence-electron chi connectivity index (χ3n) is 3.10. The molecular weight excluding hydrogens is 202 g/mol. The summed E-state index contributed by atoms with van der Waals surface area (Å²) in [5.74, 6) is 0.533. The summed E-state index contributed by atoms with van der Waals surface area (Å²) in [5, 5.41) is 13.7. The Kier molecular flexibility index (Phi) is 5.22. The summed E-state index contributed by atoms with van der Waals surface area (Å²) >= 11 is 0. The third-order valence-corrected chi connectivity index (χ3v) is 3.10. The van der Waals surface area contributed by atoms with Gasteiger partial charge in [-0.05, 0) is 39.0 Å². The highest BCUT2D eigenvalue weighted by Crippen LogP contribution is 2.17. The molecule has 0 bridgehead atoms. The van der Waals surface area contributed by atoms with Gasteiger partial charge in [-0.15, -0.1) is 0 Å². The second-order valence-electron chi connectivity index (χ2n) is 5.88. The van der Waals surface area contributed by atoms with Gasteiger partial charge >= 0.3 is 0 Å². The van der Waals surface area contributed by atoms with Gasteiger partial charge in [-0.1, -0.05) is 13.8 Å². The Morgan fingerprint density at radius 2 is 2.19 bits per heavy atom. The summed E-state index contributed by atoms with van der Waals surface area (Å²) in [6, 6.07) is 0.502. The topological polar surface area (TPSA) is 41.5 Å². The SMILES string of the molecule is CC(C)CC(C)(O)CNC1CCOC(C)C1. The lowest BCUT2D eigenvalue weighted by Gasteiger charge is -2.32. The number of hydrogen-bond donors (Lipinski definition) is 2. The standard InChI is InChI=1S/C13H27NO2/c1-10(2)8-13(4,15)9-14-12-5-6-16-11(3)7-12/h10-12,14-15H,5-9H2,1-4H3. The lowest BCUT2D eigenvalue weighted by atomic mass is 9.93. The van der Waals surface area contributed by atoms with E-state index in [1.165, 1.54) is 0 Å². The van der Waals surface area contributed by atoms with Crippen LogP contribution in [0.4, 0.5) is 0 Å². The van der Waals surface area contributed by atoms with Crippen molar-refractivity contribution in [3.05, 3.63) is 0 Å². The van der Waals surface area contributed by atoms with E-state index in [4.69, 9.17) is 4.74 Å². The van der Waals surface area contributed by atoms with E-state index in [-0.39, 0.29) is 0 Å². The Labute approximate surface area is 99.6 Å². The molecule has 1 aliphatic heterocycles. The van der Waals surface area contributed by atoms with Crippen molar-refractivity contribution >= 4 is 0 Å². The van der Waals surface area contributed by atoms with Gasteiger partial charge in [0.15, 0.2) is 0 Å². The van der Waals surface area contributed by atoms with Crippen LogP contribution < -0.4 is 5.32 Å². The maximum atomic E-state index is 10.2. The Balaban J connectivity index is 2.27. The van der Waals surface area contributed by atoms with Gasteiger partial charge < -0.3 is 15.2 Å². The molecule has 0 aromatic carbocycles. The molecule has 1 saturated heterocycles. The maximum absolute atomic E-state index is 10.2.